The van der Waals surface area contributed by atoms with Crippen molar-refractivity contribution in [3.8, 4) is 0 Å². The van der Waals surface area contributed by atoms with E-state index in [0.29, 0.717) is 37.9 Å². The Labute approximate surface area is 149 Å². The van der Waals surface area contributed by atoms with Gasteiger partial charge in [0.2, 0.25) is 0 Å². The van der Waals surface area contributed by atoms with Crippen LogP contribution in [0.25, 0.3) is 0 Å². The fourth-order valence-corrected chi connectivity index (χ4v) is 1.82. The summed E-state index contributed by atoms with van der Waals surface area (Å²) in [6, 6.07) is 8.09. The molecule has 22 heavy (non-hydrogen) atoms. The first kappa shape index (κ1) is 20.7. The summed E-state index contributed by atoms with van der Waals surface area (Å²) in [5.74, 6) is 0.637. The van der Waals surface area contributed by atoms with Gasteiger partial charge in [-0.2, -0.15) is 0 Å². The van der Waals surface area contributed by atoms with Crippen molar-refractivity contribution in [3.63, 3.8) is 0 Å². The molecule has 0 amide bonds. The summed E-state index contributed by atoms with van der Waals surface area (Å²) >= 11 is 0. The summed E-state index contributed by atoms with van der Waals surface area (Å²) < 4.78 is 4.85. The number of carbonyl (C=O) groups excluding carboxylic acids is 1. The van der Waals surface area contributed by atoms with Gasteiger partial charge in [-0.3, -0.25) is 9.79 Å². The summed E-state index contributed by atoms with van der Waals surface area (Å²) in [4.78, 5) is 15.4. The normalized spacial score (nSPS) is 11.0. The molecule has 1 aromatic rings. The fraction of sp³-hybridized carbons (Fsp3) is 0.500. The maximum absolute atomic E-state index is 11.2. The third kappa shape index (κ3) is 8.21. The van der Waals surface area contributed by atoms with E-state index in [1.165, 1.54) is 5.56 Å². The van der Waals surface area contributed by atoms with Gasteiger partial charge in [0.05, 0.1) is 6.61 Å². The summed E-state index contributed by atoms with van der Waals surface area (Å²) in [5.41, 5.74) is 8.00. The highest BCUT2D eigenvalue weighted by Gasteiger charge is 2.02. The van der Waals surface area contributed by atoms with Gasteiger partial charge in [0.15, 0.2) is 5.96 Å². The van der Waals surface area contributed by atoms with Gasteiger partial charge in [0, 0.05) is 18.7 Å². The lowest BCUT2D eigenvalue weighted by Gasteiger charge is -2.10. The maximum atomic E-state index is 11.2. The molecule has 0 fully saturated rings. The number of nitrogens with one attached hydrogen (secondary N) is 1. The van der Waals surface area contributed by atoms with Crippen LogP contribution in [0.5, 0.6) is 0 Å². The van der Waals surface area contributed by atoms with Crippen LogP contribution < -0.4 is 11.1 Å². The molecule has 124 valence electrons. The van der Waals surface area contributed by atoms with E-state index in [4.69, 9.17) is 10.5 Å². The van der Waals surface area contributed by atoms with Crippen molar-refractivity contribution >= 4 is 41.6 Å². The molecular weight excluding hydrogens is 393 g/mol. The highest BCUT2D eigenvalue weighted by molar-refractivity contribution is 14.0. The van der Waals surface area contributed by atoms with E-state index in [1.54, 1.807) is 6.92 Å². The molecule has 0 unspecified atom stereocenters. The number of nitrogens with two attached hydrogens (primary N) is 1. The maximum Gasteiger partial charge on any atom is 0.305 e. The number of benzene rings is 1. The fourth-order valence-electron chi connectivity index (χ4n) is 1.82. The van der Waals surface area contributed by atoms with E-state index in [1.807, 2.05) is 12.1 Å². The largest absolute Gasteiger partial charge is 0.466 e. The minimum absolute atomic E-state index is 0. The van der Waals surface area contributed by atoms with Crippen LogP contribution in [0.3, 0.4) is 0 Å². The monoisotopic (exact) mass is 419 g/mol. The number of halogens is 1. The predicted octanol–water partition coefficient (Wildman–Crippen LogP) is 3.50. The second-order valence-corrected chi connectivity index (χ2v) is 5.08. The Morgan fingerprint density at radius 1 is 1.41 bits per heavy atom. The topological polar surface area (TPSA) is 76.7 Å². The quantitative estimate of drug-likeness (QED) is 0.233. The summed E-state index contributed by atoms with van der Waals surface area (Å²) in [7, 11) is 0. The van der Waals surface area contributed by atoms with Gasteiger partial charge in [-0.25, -0.2) is 0 Å². The Kier molecular flexibility index (Phi) is 10.6. The van der Waals surface area contributed by atoms with Crippen LogP contribution in [0.1, 0.15) is 45.1 Å². The van der Waals surface area contributed by atoms with Crippen molar-refractivity contribution in [2.75, 3.05) is 18.5 Å². The van der Waals surface area contributed by atoms with Crippen LogP contribution in [-0.4, -0.2) is 25.1 Å². The molecule has 0 heterocycles. The van der Waals surface area contributed by atoms with Crippen LogP contribution >= 0.6 is 24.0 Å². The van der Waals surface area contributed by atoms with Crippen molar-refractivity contribution in [1.29, 1.82) is 0 Å². The Morgan fingerprint density at radius 2 is 2.14 bits per heavy atom. The van der Waals surface area contributed by atoms with E-state index in [-0.39, 0.29) is 29.9 Å². The SMILES string of the molecule is CCOC(=O)CCCN=C(N)Nc1cccc(C(C)C)c1.I. The van der Waals surface area contributed by atoms with Crippen LogP contribution in [0.15, 0.2) is 29.3 Å². The Morgan fingerprint density at radius 3 is 2.77 bits per heavy atom. The molecule has 1 aromatic carbocycles. The average molecular weight is 419 g/mol. The van der Waals surface area contributed by atoms with Crippen LogP contribution in [0, 0.1) is 0 Å². The zero-order chi connectivity index (χ0) is 15.7. The standard InChI is InChI=1S/C16H25N3O2.HI/c1-4-21-15(20)9-6-10-18-16(17)19-14-8-5-7-13(11-14)12(2)3;/h5,7-8,11-12H,4,6,9-10H2,1-3H3,(H3,17,18,19);1H. The van der Waals surface area contributed by atoms with E-state index < -0.39 is 0 Å². The van der Waals surface area contributed by atoms with Gasteiger partial charge in [0.25, 0.3) is 0 Å². The molecule has 0 aliphatic carbocycles. The summed E-state index contributed by atoms with van der Waals surface area (Å²) in [5, 5.41) is 3.06. The number of aliphatic imine (C=N–C) groups is 1. The first-order valence-electron chi connectivity index (χ1n) is 7.35. The molecule has 0 atom stereocenters. The number of carbonyl (C=O) groups is 1. The smallest absolute Gasteiger partial charge is 0.305 e. The molecule has 0 saturated heterocycles. The Hall–Kier alpha value is -1.31. The predicted molar refractivity (Wildman–Crippen MR) is 102 cm³/mol. The van der Waals surface area contributed by atoms with E-state index in [0.717, 1.165) is 5.69 Å². The molecule has 0 saturated carbocycles. The molecule has 0 radical (unpaired) electrons. The van der Waals surface area contributed by atoms with E-state index in [2.05, 4.69) is 36.3 Å². The highest BCUT2D eigenvalue weighted by atomic mass is 127. The number of anilines is 1. The number of rotatable bonds is 7. The highest BCUT2D eigenvalue weighted by Crippen LogP contribution is 2.18. The third-order valence-electron chi connectivity index (χ3n) is 2.95. The van der Waals surface area contributed by atoms with Crippen LogP contribution in [0.4, 0.5) is 5.69 Å². The summed E-state index contributed by atoms with van der Waals surface area (Å²) in [6.45, 7) is 7.00. The Balaban J connectivity index is 0.00000441. The average Bonchev–Trinajstić information content (AvgIpc) is 2.44. The minimum Gasteiger partial charge on any atom is -0.466 e. The molecule has 0 aliphatic heterocycles. The van der Waals surface area contributed by atoms with Gasteiger partial charge in [-0.15, -0.1) is 24.0 Å². The summed E-state index contributed by atoms with van der Waals surface area (Å²) in [6.07, 6.45) is 1.00. The first-order chi connectivity index (χ1) is 10.0. The zero-order valence-electron chi connectivity index (χ0n) is 13.5. The molecular formula is C16H26IN3O2. The van der Waals surface area contributed by atoms with Gasteiger partial charge in [-0.1, -0.05) is 26.0 Å². The van der Waals surface area contributed by atoms with Crippen LogP contribution in [-0.2, 0) is 9.53 Å². The minimum atomic E-state index is -0.191. The van der Waals surface area contributed by atoms with Crippen LogP contribution in [0.2, 0.25) is 0 Å². The molecule has 3 N–H and O–H groups in total. The number of hydrogen-bond acceptors (Lipinski definition) is 3. The van der Waals surface area contributed by atoms with Crippen molar-refractivity contribution in [3.05, 3.63) is 29.8 Å². The molecule has 6 heteroatoms. The van der Waals surface area contributed by atoms with Crippen molar-refractivity contribution < 1.29 is 9.53 Å². The number of ether oxygens (including phenoxy) is 1. The number of esters is 1. The molecule has 5 nitrogen and oxygen atoms in total. The second-order valence-electron chi connectivity index (χ2n) is 5.08. The number of hydrogen-bond donors (Lipinski definition) is 2. The number of guanidine groups is 1. The number of nitrogens with zero attached hydrogens (tertiary/aromatic N) is 1. The van der Waals surface area contributed by atoms with Crippen molar-refractivity contribution in [1.82, 2.24) is 0 Å². The molecule has 0 aromatic heterocycles. The van der Waals surface area contributed by atoms with Gasteiger partial charge < -0.3 is 15.8 Å². The first-order valence-corrected chi connectivity index (χ1v) is 7.35. The third-order valence-corrected chi connectivity index (χ3v) is 2.95. The van der Waals surface area contributed by atoms with Gasteiger partial charge in [-0.05, 0) is 37.0 Å². The van der Waals surface area contributed by atoms with Crippen molar-refractivity contribution in [2.24, 2.45) is 10.7 Å². The Bertz CT molecular complexity index is 490. The van der Waals surface area contributed by atoms with Gasteiger partial charge >= 0.3 is 5.97 Å². The molecule has 0 bridgehead atoms. The lowest BCUT2D eigenvalue weighted by atomic mass is 10.0. The molecule has 1 rings (SSSR count). The van der Waals surface area contributed by atoms with E-state index >= 15 is 0 Å². The lowest BCUT2D eigenvalue weighted by molar-refractivity contribution is -0.143. The van der Waals surface area contributed by atoms with Gasteiger partial charge in [0.1, 0.15) is 0 Å². The van der Waals surface area contributed by atoms with Crippen molar-refractivity contribution in [2.45, 2.75) is 39.5 Å². The molecule has 0 aliphatic rings. The lowest BCUT2D eigenvalue weighted by Crippen LogP contribution is -2.23. The molecule has 0 spiro atoms. The zero-order valence-corrected chi connectivity index (χ0v) is 15.8. The second kappa shape index (κ2) is 11.3. The van der Waals surface area contributed by atoms with E-state index in [9.17, 15) is 4.79 Å².